The number of carbonyl (C=O) groups excluding carboxylic acids is 1. The summed E-state index contributed by atoms with van der Waals surface area (Å²) in [5.74, 6) is -0.396. The number of nitrogens with zero attached hydrogens (tertiary/aromatic N) is 4. The lowest BCUT2D eigenvalue weighted by molar-refractivity contribution is 0.0517. The van der Waals surface area contributed by atoms with Gasteiger partial charge in [-0.3, -0.25) is 4.68 Å². The highest BCUT2D eigenvalue weighted by Gasteiger charge is 2.41. The molecule has 0 amide bonds. The molecule has 7 rings (SSSR count). The Balaban J connectivity index is 1.52. The summed E-state index contributed by atoms with van der Waals surface area (Å²) in [6.45, 7) is 4.17. The summed E-state index contributed by atoms with van der Waals surface area (Å²) in [5, 5.41) is 10.2. The zero-order valence-electron chi connectivity index (χ0n) is 24.3. The van der Waals surface area contributed by atoms with Gasteiger partial charge in [0.15, 0.2) is 5.69 Å². The molecule has 0 radical (unpaired) electrons. The Morgan fingerprint density at radius 2 is 1.33 bits per heavy atom. The maximum atomic E-state index is 13.1. The van der Waals surface area contributed by atoms with Gasteiger partial charge in [0, 0.05) is 17.3 Å². The molecule has 1 aliphatic carbocycles. The van der Waals surface area contributed by atoms with Crippen molar-refractivity contribution in [1.82, 2.24) is 19.6 Å². The van der Waals surface area contributed by atoms with Gasteiger partial charge in [-0.05, 0) is 55.5 Å². The lowest BCUT2D eigenvalue weighted by Gasteiger charge is -2.36. The summed E-state index contributed by atoms with van der Waals surface area (Å²) < 4.78 is 9.45. The van der Waals surface area contributed by atoms with Gasteiger partial charge in [0.05, 0.1) is 23.7 Å². The Morgan fingerprint density at radius 3 is 1.86 bits per heavy atom. The second-order valence-corrected chi connectivity index (χ2v) is 10.9. The summed E-state index contributed by atoms with van der Waals surface area (Å²) >= 11 is 0. The van der Waals surface area contributed by atoms with Crippen molar-refractivity contribution in [2.24, 2.45) is 0 Å². The number of esters is 1. The van der Waals surface area contributed by atoms with Crippen LogP contribution < -0.4 is 0 Å². The molecule has 0 bridgehead atoms. The van der Waals surface area contributed by atoms with Crippen LogP contribution in [0.15, 0.2) is 121 Å². The van der Waals surface area contributed by atoms with Crippen molar-refractivity contribution in [2.75, 3.05) is 6.61 Å². The Kier molecular flexibility index (Phi) is 6.74. The molecule has 0 fully saturated rings. The number of hydrogen-bond acceptors (Lipinski definition) is 4. The fraction of sp³-hybridized carbons (Fsp3) is 0.162. The van der Waals surface area contributed by atoms with Crippen molar-refractivity contribution in [3.05, 3.63) is 161 Å². The summed E-state index contributed by atoms with van der Waals surface area (Å²) in [6, 6.07) is 39.8. The molecule has 1 aliphatic rings. The maximum absolute atomic E-state index is 13.1. The molecule has 0 saturated carbocycles. The molecular formula is C37H32N4O2. The van der Waals surface area contributed by atoms with Crippen LogP contribution in [0.4, 0.5) is 0 Å². The highest BCUT2D eigenvalue weighted by Crippen LogP contribution is 2.44. The number of benzene rings is 4. The number of hydrogen-bond donors (Lipinski definition) is 0. The molecule has 0 spiro atoms. The summed E-state index contributed by atoms with van der Waals surface area (Å²) in [5.41, 5.74) is 8.72. The smallest absolute Gasteiger partial charge is 0.359 e. The van der Waals surface area contributed by atoms with E-state index >= 15 is 0 Å². The molecular weight excluding hydrogens is 532 g/mol. The van der Waals surface area contributed by atoms with Crippen molar-refractivity contribution in [3.8, 4) is 16.9 Å². The third-order valence-corrected chi connectivity index (χ3v) is 8.31. The van der Waals surface area contributed by atoms with Crippen LogP contribution in [0.1, 0.15) is 50.9 Å². The van der Waals surface area contributed by atoms with Gasteiger partial charge in [-0.15, -0.1) is 0 Å². The molecule has 2 aromatic heterocycles. The highest BCUT2D eigenvalue weighted by atomic mass is 16.5. The number of carbonyl (C=O) groups is 1. The van der Waals surface area contributed by atoms with Crippen molar-refractivity contribution < 1.29 is 9.53 Å². The van der Waals surface area contributed by atoms with E-state index in [0.29, 0.717) is 25.1 Å². The van der Waals surface area contributed by atoms with Crippen molar-refractivity contribution in [2.45, 2.75) is 32.2 Å². The number of ether oxygens (including phenoxy) is 1. The molecule has 0 atom stereocenters. The van der Waals surface area contributed by atoms with E-state index in [4.69, 9.17) is 14.9 Å². The zero-order valence-corrected chi connectivity index (χ0v) is 24.3. The SMILES string of the molecule is CCOC(=O)c1nn(-c2ccc(C)cc2)c2c1CCc1nn(C(c3ccccc3)(c3ccccc3)c3ccccc3)cc1-2. The molecule has 43 heavy (non-hydrogen) atoms. The van der Waals surface area contributed by atoms with Crippen LogP contribution >= 0.6 is 0 Å². The molecule has 6 nitrogen and oxygen atoms in total. The topological polar surface area (TPSA) is 61.9 Å². The van der Waals surface area contributed by atoms with E-state index in [1.54, 1.807) is 0 Å². The lowest BCUT2D eigenvalue weighted by atomic mass is 9.77. The lowest BCUT2D eigenvalue weighted by Crippen LogP contribution is -2.38. The normalized spacial score (nSPS) is 12.4. The molecule has 212 valence electrons. The van der Waals surface area contributed by atoms with E-state index in [1.165, 1.54) is 0 Å². The first-order valence-corrected chi connectivity index (χ1v) is 14.7. The van der Waals surface area contributed by atoms with Gasteiger partial charge in [-0.25, -0.2) is 9.48 Å². The summed E-state index contributed by atoms with van der Waals surface area (Å²) in [6.07, 6.45) is 3.48. The first kappa shape index (κ1) is 26.7. The van der Waals surface area contributed by atoms with Crippen LogP contribution in [0, 0.1) is 6.92 Å². The largest absolute Gasteiger partial charge is 0.461 e. The quantitative estimate of drug-likeness (QED) is 0.153. The van der Waals surface area contributed by atoms with E-state index < -0.39 is 11.5 Å². The van der Waals surface area contributed by atoms with Crippen LogP contribution in [0.3, 0.4) is 0 Å². The average Bonchev–Trinajstić information content (AvgIpc) is 3.66. The fourth-order valence-corrected chi connectivity index (χ4v) is 6.34. The molecule has 0 unspecified atom stereocenters. The third kappa shape index (κ3) is 4.38. The number of aromatic nitrogens is 4. The Morgan fingerprint density at radius 1 is 0.767 bits per heavy atom. The fourth-order valence-electron chi connectivity index (χ4n) is 6.34. The second-order valence-electron chi connectivity index (χ2n) is 10.9. The highest BCUT2D eigenvalue weighted by molar-refractivity contribution is 5.92. The van der Waals surface area contributed by atoms with Crippen molar-refractivity contribution in [3.63, 3.8) is 0 Å². The van der Waals surface area contributed by atoms with Gasteiger partial charge in [0.25, 0.3) is 0 Å². The molecule has 0 N–H and O–H groups in total. The van der Waals surface area contributed by atoms with Crippen LogP contribution in [0.5, 0.6) is 0 Å². The Labute approximate surface area is 251 Å². The van der Waals surface area contributed by atoms with Gasteiger partial charge in [-0.2, -0.15) is 10.2 Å². The summed E-state index contributed by atoms with van der Waals surface area (Å²) in [4.78, 5) is 13.1. The minimum Gasteiger partial charge on any atom is -0.461 e. The third-order valence-electron chi connectivity index (χ3n) is 8.31. The number of rotatable bonds is 7. The van der Waals surface area contributed by atoms with Crippen molar-refractivity contribution in [1.29, 1.82) is 0 Å². The Bertz CT molecular complexity index is 1790. The molecule has 0 aliphatic heterocycles. The van der Waals surface area contributed by atoms with Crippen LogP contribution in [0.25, 0.3) is 16.9 Å². The minimum absolute atomic E-state index is 0.294. The van der Waals surface area contributed by atoms with Gasteiger partial charge in [-0.1, -0.05) is 109 Å². The first-order valence-electron chi connectivity index (χ1n) is 14.7. The average molecular weight is 565 g/mol. The zero-order chi connectivity index (χ0) is 29.4. The molecule has 6 heteroatoms. The predicted octanol–water partition coefficient (Wildman–Crippen LogP) is 7.16. The molecule has 6 aromatic rings. The van der Waals surface area contributed by atoms with E-state index in [-0.39, 0.29) is 0 Å². The second kappa shape index (κ2) is 10.9. The predicted molar refractivity (Wildman–Crippen MR) is 167 cm³/mol. The molecule has 2 heterocycles. The van der Waals surface area contributed by atoms with E-state index in [9.17, 15) is 4.79 Å². The Hall–Kier alpha value is -5.23. The minimum atomic E-state index is -0.736. The van der Waals surface area contributed by atoms with Gasteiger partial charge < -0.3 is 4.74 Å². The van der Waals surface area contributed by atoms with Crippen LogP contribution in [-0.4, -0.2) is 32.1 Å². The van der Waals surface area contributed by atoms with E-state index in [0.717, 1.165) is 50.5 Å². The first-order chi connectivity index (χ1) is 21.1. The molecule has 4 aromatic carbocycles. The maximum Gasteiger partial charge on any atom is 0.359 e. The molecule has 0 saturated heterocycles. The standard InChI is InChI=1S/C37H32N4O2/c1-3-43-36(42)34-31-23-24-33-32(35(31)41(39-34)30-21-19-26(2)20-22-30)25-40(38-33)37(27-13-7-4-8-14-27,28-15-9-5-10-16-28)29-17-11-6-12-18-29/h4-22,25H,3,23-24H2,1-2H3. The summed E-state index contributed by atoms with van der Waals surface area (Å²) in [7, 11) is 0. The van der Waals surface area contributed by atoms with Gasteiger partial charge in [0.1, 0.15) is 5.54 Å². The van der Waals surface area contributed by atoms with Gasteiger partial charge in [0.2, 0.25) is 0 Å². The van der Waals surface area contributed by atoms with E-state index in [2.05, 4.69) is 103 Å². The van der Waals surface area contributed by atoms with Crippen LogP contribution in [-0.2, 0) is 23.1 Å². The number of fused-ring (bicyclic) bond motifs is 3. The number of aryl methyl sites for hydroxylation is 2. The van der Waals surface area contributed by atoms with Crippen LogP contribution in [0.2, 0.25) is 0 Å². The van der Waals surface area contributed by atoms with Crippen molar-refractivity contribution >= 4 is 5.97 Å². The van der Waals surface area contributed by atoms with E-state index in [1.807, 2.05) is 41.9 Å². The monoisotopic (exact) mass is 564 g/mol. The van der Waals surface area contributed by atoms with Gasteiger partial charge >= 0.3 is 5.97 Å².